The highest BCUT2D eigenvalue weighted by Crippen LogP contribution is 2.25. The first-order valence-corrected chi connectivity index (χ1v) is 7.97. The molecule has 0 aliphatic carbocycles. The summed E-state index contributed by atoms with van der Waals surface area (Å²) in [6.07, 6.45) is 1.51. The molecule has 7 nitrogen and oxygen atoms in total. The Labute approximate surface area is 129 Å². The smallest absolute Gasteiger partial charge is 0.269 e. The van der Waals surface area contributed by atoms with Gasteiger partial charge in [-0.15, -0.1) is 0 Å². The number of rotatable bonds is 4. The van der Waals surface area contributed by atoms with Crippen molar-refractivity contribution in [1.29, 1.82) is 0 Å². The topological polar surface area (TPSA) is 102 Å². The summed E-state index contributed by atoms with van der Waals surface area (Å²) in [5, 5.41) is 10.7. The molecular formula is C12H10BrN3O4S. The molecule has 1 aromatic carbocycles. The number of hydrogen-bond acceptors (Lipinski definition) is 5. The van der Waals surface area contributed by atoms with Gasteiger partial charge in [0.1, 0.15) is 4.60 Å². The van der Waals surface area contributed by atoms with Gasteiger partial charge in [-0.2, -0.15) is 0 Å². The number of non-ortho nitro benzene ring substituents is 1. The SMILES string of the molecule is Cc1cc([N+](=O)[O-])ccc1S(=O)(=O)Nc1cccnc1Br. The van der Waals surface area contributed by atoms with E-state index in [2.05, 4.69) is 25.6 Å². The van der Waals surface area contributed by atoms with Gasteiger partial charge in [-0.05, 0) is 46.6 Å². The summed E-state index contributed by atoms with van der Waals surface area (Å²) in [4.78, 5) is 14.0. The maximum atomic E-state index is 12.3. The number of aryl methyl sites for hydroxylation is 1. The Morgan fingerprint density at radius 2 is 2.05 bits per heavy atom. The highest BCUT2D eigenvalue weighted by Gasteiger charge is 2.20. The number of anilines is 1. The Balaban J connectivity index is 2.41. The first-order chi connectivity index (χ1) is 9.81. The van der Waals surface area contributed by atoms with Gasteiger partial charge in [0.25, 0.3) is 15.7 Å². The fourth-order valence-electron chi connectivity index (χ4n) is 1.71. The van der Waals surface area contributed by atoms with Crippen molar-refractivity contribution in [3.05, 3.63) is 56.8 Å². The van der Waals surface area contributed by atoms with Crippen LogP contribution in [0.5, 0.6) is 0 Å². The van der Waals surface area contributed by atoms with Gasteiger partial charge in [-0.1, -0.05) is 0 Å². The third kappa shape index (κ3) is 3.37. The number of hydrogen-bond donors (Lipinski definition) is 1. The monoisotopic (exact) mass is 371 g/mol. The van der Waals surface area contributed by atoms with Gasteiger partial charge in [0.15, 0.2) is 0 Å². The molecule has 0 radical (unpaired) electrons. The summed E-state index contributed by atoms with van der Waals surface area (Å²) < 4.78 is 27.4. The van der Waals surface area contributed by atoms with Gasteiger partial charge >= 0.3 is 0 Å². The van der Waals surface area contributed by atoms with E-state index in [-0.39, 0.29) is 21.8 Å². The first kappa shape index (κ1) is 15.4. The van der Waals surface area contributed by atoms with Gasteiger partial charge < -0.3 is 0 Å². The van der Waals surface area contributed by atoms with Crippen LogP contribution in [0, 0.1) is 17.0 Å². The van der Waals surface area contributed by atoms with Gasteiger partial charge in [-0.3, -0.25) is 14.8 Å². The highest BCUT2D eigenvalue weighted by molar-refractivity contribution is 9.10. The summed E-state index contributed by atoms with van der Waals surface area (Å²) in [5.74, 6) is 0. The van der Waals surface area contributed by atoms with E-state index in [1.165, 1.54) is 25.3 Å². The zero-order valence-electron chi connectivity index (χ0n) is 10.8. The van der Waals surface area contributed by atoms with E-state index in [1.54, 1.807) is 12.1 Å². The van der Waals surface area contributed by atoms with Crippen molar-refractivity contribution in [2.75, 3.05) is 4.72 Å². The van der Waals surface area contributed by atoms with Crippen LogP contribution in [0.4, 0.5) is 11.4 Å². The molecule has 0 aliphatic heterocycles. The van der Waals surface area contributed by atoms with Crippen molar-refractivity contribution in [2.24, 2.45) is 0 Å². The molecule has 0 spiro atoms. The van der Waals surface area contributed by atoms with E-state index in [1.807, 2.05) is 0 Å². The van der Waals surface area contributed by atoms with Gasteiger partial charge in [0.05, 0.1) is 15.5 Å². The normalized spacial score (nSPS) is 11.1. The molecule has 0 saturated heterocycles. The van der Waals surface area contributed by atoms with Crippen LogP contribution in [0.25, 0.3) is 0 Å². The molecule has 1 heterocycles. The van der Waals surface area contributed by atoms with Crippen LogP contribution in [0.3, 0.4) is 0 Å². The van der Waals surface area contributed by atoms with Crippen molar-refractivity contribution < 1.29 is 13.3 Å². The number of benzene rings is 1. The average Bonchev–Trinajstić information content (AvgIpc) is 2.40. The summed E-state index contributed by atoms with van der Waals surface area (Å²) in [6, 6.07) is 6.72. The molecule has 9 heteroatoms. The van der Waals surface area contributed by atoms with Crippen LogP contribution in [0.1, 0.15) is 5.56 Å². The fraction of sp³-hybridized carbons (Fsp3) is 0.0833. The summed E-state index contributed by atoms with van der Waals surface area (Å²) in [6.45, 7) is 1.50. The van der Waals surface area contributed by atoms with Crippen molar-refractivity contribution in [3.8, 4) is 0 Å². The molecule has 2 aromatic rings. The number of sulfonamides is 1. The maximum Gasteiger partial charge on any atom is 0.269 e. The molecule has 0 atom stereocenters. The largest absolute Gasteiger partial charge is 0.277 e. The first-order valence-electron chi connectivity index (χ1n) is 5.69. The van der Waals surface area contributed by atoms with Crippen LogP contribution < -0.4 is 4.72 Å². The second-order valence-corrected chi connectivity index (χ2v) is 6.56. The molecule has 0 fully saturated rings. The van der Waals surface area contributed by atoms with Crippen LogP contribution in [0.2, 0.25) is 0 Å². The Morgan fingerprint density at radius 3 is 2.62 bits per heavy atom. The number of nitro benzene ring substituents is 1. The van der Waals surface area contributed by atoms with Gasteiger partial charge in [0, 0.05) is 18.3 Å². The van der Waals surface area contributed by atoms with E-state index < -0.39 is 14.9 Å². The average molecular weight is 372 g/mol. The van der Waals surface area contributed by atoms with E-state index in [4.69, 9.17) is 0 Å². The molecule has 1 N–H and O–H groups in total. The second kappa shape index (κ2) is 5.78. The molecular weight excluding hydrogens is 362 g/mol. The number of pyridine rings is 1. The second-order valence-electron chi connectivity index (χ2n) is 4.15. The molecule has 0 bridgehead atoms. The van der Waals surface area contributed by atoms with E-state index in [9.17, 15) is 18.5 Å². The van der Waals surface area contributed by atoms with Crippen molar-refractivity contribution in [3.63, 3.8) is 0 Å². The summed E-state index contributed by atoms with van der Waals surface area (Å²) >= 11 is 3.14. The van der Waals surface area contributed by atoms with E-state index >= 15 is 0 Å². The lowest BCUT2D eigenvalue weighted by Gasteiger charge is -2.10. The Bertz CT molecular complexity index is 808. The molecule has 21 heavy (non-hydrogen) atoms. The molecule has 0 saturated carbocycles. The quantitative estimate of drug-likeness (QED) is 0.505. The van der Waals surface area contributed by atoms with Crippen LogP contribution in [0.15, 0.2) is 46.0 Å². The third-order valence-corrected chi connectivity index (χ3v) is 4.82. The van der Waals surface area contributed by atoms with Crippen molar-refractivity contribution >= 4 is 37.3 Å². The zero-order chi connectivity index (χ0) is 15.6. The lowest BCUT2D eigenvalue weighted by molar-refractivity contribution is -0.385. The predicted molar refractivity (Wildman–Crippen MR) is 80.6 cm³/mol. The van der Waals surface area contributed by atoms with Crippen LogP contribution in [-0.2, 0) is 10.0 Å². The molecule has 1 aromatic heterocycles. The third-order valence-electron chi connectivity index (χ3n) is 2.66. The summed E-state index contributed by atoms with van der Waals surface area (Å²) in [7, 11) is -3.85. The van der Waals surface area contributed by atoms with E-state index in [0.717, 1.165) is 6.07 Å². The number of nitrogens with zero attached hydrogens (tertiary/aromatic N) is 2. The minimum absolute atomic E-state index is 0.0242. The molecule has 110 valence electrons. The number of nitro groups is 1. The minimum Gasteiger partial charge on any atom is -0.277 e. The maximum absolute atomic E-state index is 12.3. The predicted octanol–water partition coefficient (Wildman–Crippen LogP) is 2.86. The zero-order valence-corrected chi connectivity index (χ0v) is 13.2. The fourth-order valence-corrected chi connectivity index (χ4v) is 3.49. The lowest BCUT2D eigenvalue weighted by Crippen LogP contribution is -2.15. The molecule has 2 rings (SSSR count). The standard InChI is InChI=1S/C12H10BrN3O4S/c1-8-7-9(16(17)18)4-5-11(8)21(19,20)15-10-3-2-6-14-12(10)13/h2-7,15H,1H3. The number of nitrogens with one attached hydrogen (secondary N) is 1. The van der Waals surface area contributed by atoms with Gasteiger partial charge in [-0.25, -0.2) is 13.4 Å². The molecule has 0 amide bonds. The minimum atomic E-state index is -3.85. The van der Waals surface area contributed by atoms with Crippen LogP contribution in [-0.4, -0.2) is 18.3 Å². The Kier molecular flexibility index (Phi) is 4.24. The number of halogens is 1. The van der Waals surface area contributed by atoms with E-state index in [0.29, 0.717) is 4.60 Å². The molecule has 0 unspecified atom stereocenters. The van der Waals surface area contributed by atoms with Crippen LogP contribution >= 0.6 is 15.9 Å². The highest BCUT2D eigenvalue weighted by atomic mass is 79.9. The number of aromatic nitrogens is 1. The van der Waals surface area contributed by atoms with Crippen molar-refractivity contribution in [2.45, 2.75) is 11.8 Å². The Hall–Kier alpha value is -2.00. The van der Waals surface area contributed by atoms with Crippen molar-refractivity contribution in [1.82, 2.24) is 4.98 Å². The van der Waals surface area contributed by atoms with Gasteiger partial charge in [0.2, 0.25) is 0 Å². The molecule has 0 aliphatic rings. The lowest BCUT2D eigenvalue weighted by atomic mass is 10.2. The summed E-state index contributed by atoms with van der Waals surface area (Å²) in [5.41, 5.74) is 0.418. The Morgan fingerprint density at radius 1 is 1.33 bits per heavy atom.